The van der Waals surface area contributed by atoms with Crippen LogP contribution in [0.5, 0.6) is 5.75 Å². The van der Waals surface area contributed by atoms with Gasteiger partial charge in [-0.05, 0) is 17.7 Å². The van der Waals surface area contributed by atoms with Crippen LogP contribution >= 0.6 is 0 Å². The lowest BCUT2D eigenvalue weighted by molar-refractivity contribution is 0.469. The van der Waals surface area contributed by atoms with Crippen LogP contribution in [0.15, 0.2) is 23.3 Å². The summed E-state index contributed by atoms with van der Waals surface area (Å²) in [4.78, 5) is 2.50. The first kappa shape index (κ1) is 9.90. The molecule has 0 saturated heterocycles. The predicted molar refractivity (Wildman–Crippen MR) is 49.0 cm³/mol. The Morgan fingerprint density at radius 3 is 2.93 bits per heavy atom. The number of benzene rings is 1. The zero-order chi connectivity index (χ0) is 10.4. The predicted octanol–water partition coefficient (Wildman–Crippen LogP) is 2.19. The third-order valence-electron chi connectivity index (χ3n) is 1.33. The molecular weight excluding hydrogens is 185 g/mol. The van der Waals surface area contributed by atoms with Crippen LogP contribution in [0, 0.1) is 17.7 Å². The summed E-state index contributed by atoms with van der Waals surface area (Å²) < 4.78 is 12.7. The molecule has 0 spiro atoms. The third-order valence-corrected chi connectivity index (χ3v) is 1.33. The van der Waals surface area contributed by atoms with E-state index in [1.807, 2.05) is 0 Å². The minimum atomic E-state index is -0.557. The Bertz CT molecular complexity index is 421. The summed E-state index contributed by atoms with van der Waals surface area (Å²) in [6.07, 6.45) is 0. The van der Waals surface area contributed by atoms with Crippen LogP contribution in [0.4, 0.5) is 4.39 Å². The molecule has 1 rings (SSSR count). The minimum absolute atomic E-state index is 0.0216. The molecule has 0 heterocycles. The molecule has 0 aliphatic heterocycles. The molecule has 0 aliphatic carbocycles. The smallest absolute Gasteiger partial charge is 0.128 e. The Morgan fingerprint density at radius 2 is 2.29 bits per heavy atom. The van der Waals surface area contributed by atoms with Gasteiger partial charge in [-0.25, -0.2) is 4.39 Å². The number of hydrogen-bond acceptors (Lipinski definition) is 2. The maximum absolute atomic E-state index is 12.7. The van der Waals surface area contributed by atoms with Gasteiger partial charge in [0.2, 0.25) is 0 Å². The number of phenolic OH excluding ortho intramolecular Hbond substituents is 1. The highest BCUT2D eigenvalue weighted by Crippen LogP contribution is 2.13. The second-order valence-corrected chi connectivity index (χ2v) is 2.39. The molecule has 14 heavy (non-hydrogen) atoms. The van der Waals surface area contributed by atoms with Crippen molar-refractivity contribution in [1.29, 1.82) is 0 Å². The lowest BCUT2D eigenvalue weighted by Crippen LogP contribution is -1.79. The second-order valence-electron chi connectivity index (χ2n) is 2.39. The first-order valence-corrected chi connectivity index (χ1v) is 3.71. The summed E-state index contributed by atoms with van der Waals surface area (Å²) in [5.41, 5.74) is 8.29. The molecule has 0 bridgehead atoms. The Kier molecular flexibility index (Phi) is 3.36. The van der Waals surface area contributed by atoms with E-state index >= 15 is 0 Å². The van der Waals surface area contributed by atoms with Gasteiger partial charge in [-0.2, -0.15) is 0 Å². The fourth-order valence-corrected chi connectivity index (χ4v) is 0.855. The second kappa shape index (κ2) is 4.75. The van der Waals surface area contributed by atoms with Crippen molar-refractivity contribution in [3.63, 3.8) is 0 Å². The number of nitrogens with zero attached hydrogens (tertiary/aromatic N) is 3. The Morgan fingerprint density at radius 1 is 1.50 bits per heavy atom. The van der Waals surface area contributed by atoms with E-state index in [-0.39, 0.29) is 12.3 Å². The van der Waals surface area contributed by atoms with Gasteiger partial charge in [0.1, 0.15) is 11.6 Å². The van der Waals surface area contributed by atoms with Gasteiger partial charge < -0.3 is 5.11 Å². The van der Waals surface area contributed by atoms with Gasteiger partial charge in [-0.1, -0.05) is 17.0 Å². The highest BCUT2D eigenvalue weighted by molar-refractivity contribution is 5.39. The van der Waals surface area contributed by atoms with Crippen molar-refractivity contribution in [2.75, 3.05) is 6.54 Å². The fraction of sp³-hybridized carbons (Fsp3) is 0.111. The van der Waals surface area contributed by atoms with Crippen LogP contribution in [-0.4, -0.2) is 11.7 Å². The molecule has 5 heteroatoms. The Hall–Kier alpha value is -2.18. The standard InChI is InChI=1S/C9H6FN3O/c10-8-4-7(5-9(14)6-8)2-1-3-12-13-11/h4-6,14H,3H2. The van der Waals surface area contributed by atoms with Crippen molar-refractivity contribution in [3.8, 4) is 17.6 Å². The van der Waals surface area contributed by atoms with E-state index in [1.54, 1.807) is 0 Å². The molecule has 0 aromatic heterocycles. The molecular formula is C9H6FN3O. The molecule has 70 valence electrons. The van der Waals surface area contributed by atoms with Crippen LogP contribution in [-0.2, 0) is 0 Å². The number of phenols is 1. The van der Waals surface area contributed by atoms with Gasteiger partial charge in [0.25, 0.3) is 0 Å². The number of hydrogen-bond donors (Lipinski definition) is 1. The fourth-order valence-electron chi connectivity index (χ4n) is 0.855. The van der Waals surface area contributed by atoms with E-state index in [2.05, 4.69) is 21.9 Å². The quantitative estimate of drug-likeness (QED) is 0.314. The van der Waals surface area contributed by atoms with Crippen molar-refractivity contribution in [2.45, 2.75) is 0 Å². The monoisotopic (exact) mass is 191 g/mol. The molecule has 0 unspecified atom stereocenters. The van der Waals surface area contributed by atoms with Crippen molar-refractivity contribution in [3.05, 3.63) is 40.0 Å². The van der Waals surface area contributed by atoms with Crippen molar-refractivity contribution < 1.29 is 9.50 Å². The van der Waals surface area contributed by atoms with Gasteiger partial charge in [-0.3, -0.25) is 0 Å². The van der Waals surface area contributed by atoms with E-state index in [9.17, 15) is 4.39 Å². The third kappa shape index (κ3) is 3.05. The minimum Gasteiger partial charge on any atom is -0.508 e. The lowest BCUT2D eigenvalue weighted by Gasteiger charge is -1.93. The number of aromatic hydroxyl groups is 1. The van der Waals surface area contributed by atoms with Crippen molar-refractivity contribution >= 4 is 0 Å². The molecule has 0 atom stereocenters. The molecule has 4 nitrogen and oxygen atoms in total. The zero-order valence-corrected chi connectivity index (χ0v) is 7.11. The van der Waals surface area contributed by atoms with Crippen LogP contribution in [0.2, 0.25) is 0 Å². The molecule has 1 aromatic rings. The maximum atomic E-state index is 12.7. The molecule has 1 N–H and O–H groups in total. The van der Waals surface area contributed by atoms with E-state index < -0.39 is 5.82 Å². The van der Waals surface area contributed by atoms with Gasteiger partial charge in [-0.15, -0.1) is 0 Å². The molecule has 0 amide bonds. The van der Waals surface area contributed by atoms with Crippen LogP contribution in [0.3, 0.4) is 0 Å². The Balaban J connectivity index is 2.84. The molecule has 0 aliphatic rings. The van der Waals surface area contributed by atoms with E-state index in [0.29, 0.717) is 5.56 Å². The summed E-state index contributed by atoms with van der Waals surface area (Å²) >= 11 is 0. The summed E-state index contributed by atoms with van der Waals surface area (Å²) in [6, 6.07) is 3.49. The number of rotatable bonds is 1. The SMILES string of the molecule is [N-]=[N+]=NCC#Cc1cc(O)cc(F)c1. The van der Waals surface area contributed by atoms with E-state index in [0.717, 1.165) is 6.07 Å². The van der Waals surface area contributed by atoms with E-state index in [4.69, 9.17) is 10.6 Å². The number of halogens is 1. The highest BCUT2D eigenvalue weighted by atomic mass is 19.1. The van der Waals surface area contributed by atoms with Crippen molar-refractivity contribution in [1.82, 2.24) is 0 Å². The van der Waals surface area contributed by atoms with E-state index in [1.165, 1.54) is 12.1 Å². The first-order valence-electron chi connectivity index (χ1n) is 3.71. The van der Waals surface area contributed by atoms with Crippen LogP contribution < -0.4 is 0 Å². The maximum Gasteiger partial charge on any atom is 0.128 e. The van der Waals surface area contributed by atoms with Crippen LogP contribution in [0.25, 0.3) is 10.4 Å². The van der Waals surface area contributed by atoms with Crippen LogP contribution in [0.1, 0.15) is 5.56 Å². The molecule has 0 saturated carbocycles. The topological polar surface area (TPSA) is 69.0 Å². The normalized spacial score (nSPS) is 8.36. The Labute approximate surface area is 79.6 Å². The summed E-state index contributed by atoms with van der Waals surface area (Å²) in [5, 5.41) is 12.2. The molecule has 1 aromatic carbocycles. The summed E-state index contributed by atoms with van der Waals surface area (Å²) in [7, 11) is 0. The van der Waals surface area contributed by atoms with Gasteiger partial charge in [0, 0.05) is 16.5 Å². The largest absolute Gasteiger partial charge is 0.508 e. The summed E-state index contributed by atoms with van der Waals surface area (Å²) in [5.74, 6) is 4.32. The van der Waals surface area contributed by atoms with Gasteiger partial charge >= 0.3 is 0 Å². The van der Waals surface area contributed by atoms with Crippen molar-refractivity contribution in [2.24, 2.45) is 5.11 Å². The van der Waals surface area contributed by atoms with Gasteiger partial charge in [0.15, 0.2) is 0 Å². The molecule has 0 radical (unpaired) electrons. The summed E-state index contributed by atoms with van der Waals surface area (Å²) in [6.45, 7) is 0.0216. The highest BCUT2D eigenvalue weighted by Gasteiger charge is 1.95. The average molecular weight is 191 g/mol. The zero-order valence-electron chi connectivity index (χ0n) is 7.11. The van der Waals surface area contributed by atoms with Gasteiger partial charge in [0.05, 0.1) is 6.54 Å². The average Bonchev–Trinajstić information content (AvgIpc) is 2.11. The lowest BCUT2D eigenvalue weighted by atomic mass is 10.2. The number of azide groups is 1. The first-order chi connectivity index (χ1) is 6.72. The molecule has 0 fully saturated rings.